The van der Waals surface area contributed by atoms with Crippen molar-refractivity contribution in [3.05, 3.63) is 53.9 Å². The molecule has 108 valence electrons. The van der Waals surface area contributed by atoms with Gasteiger partial charge >= 0.3 is 0 Å². The van der Waals surface area contributed by atoms with E-state index in [9.17, 15) is 0 Å². The van der Waals surface area contributed by atoms with Crippen LogP contribution in [0.15, 0.2) is 42.7 Å². The second-order valence-electron chi connectivity index (χ2n) is 5.48. The monoisotopic (exact) mass is 271 g/mol. The summed E-state index contributed by atoms with van der Waals surface area (Å²) in [5.74, 6) is 0.595. The molecule has 0 aliphatic rings. The van der Waals surface area contributed by atoms with Crippen LogP contribution in [0.4, 0.5) is 0 Å². The Morgan fingerprint density at radius 1 is 1.25 bits per heavy atom. The zero-order chi connectivity index (χ0) is 14.4. The number of nitrogens with one attached hydrogen (secondary N) is 1. The molecule has 1 heterocycles. The number of hydrogen-bond acceptors (Lipinski definition) is 2. The van der Waals surface area contributed by atoms with Crippen LogP contribution in [-0.2, 0) is 13.5 Å². The Kier molecular flexibility index (Phi) is 5.36. The molecule has 0 fully saturated rings. The lowest BCUT2D eigenvalue weighted by atomic mass is 9.90. The predicted molar refractivity (Wildman–Crippen MR) is 83.6 cm³/mol. The number of aryl methyl sites for hydroxylation is 2. The lowest BCUT2D eigenvalue weighted by molar-refractivity contribution is 0.372. The van der Waals surface area contributed by atoms with Crippen LogP contribution in [0.1, 0.15) is 37.4 Å². The third kappa shape index (κ3) is 3.94. The van der Waals surface area contributed by atoms with Crippen LogP contribution in [0.3, 0.4) is 0 Å². The fourth-order valence-electron chi connectivity index (χ4n) is 2.69. The molecule has 1 N–H and O–H groups in total. The fourth-order valence-corrected chi connectivity index (χ4v) is 2.69. The molecule has 0 aliphatic heterocycles. The maximum absolute atomic E-state index is 4.23. The van der Waals surface area contributed by atoms with E-state index in [4.69, 9.17) is 0 Å². The zero-order valence-corrected chi connectivity index (χ0v) is 12.7. The van der Waals surface area contributed by atoms with E-state index in [0.29, 0.717) is 12.0 Å². The Labute approximate surface area is 122 Å². The molecule has 0 radical (unpaired) electrons. The van der Waals surface area contributed by atoms with Crippen LogP contribution in [0.2, 0.25) is 0 Å². The van der Waals surface area contributed by atoms with Crippen LogP contribution in [0.5, 0.6) is 0 Å². The highest BCUT2D eigenvalue weighted by atomic mass is 15.2. The highest BCUT2D eigenvalue weighted by Crippen LogP contribution is 2.25. The first-order valence-corrected chi connectivity index (χ1v) is 7.46. The molecule has 0 saturated heterocycles. The van der Waals surface area contributed by atoms with E-state index in [0.717, 1.165) is 19.4 Å². The van der Waals surface area contributed by atoms with Gasteiger partial charge in [0.15, 0.2) is 0 Å². The Hall–Kier alpha value is -1.61. The molecule has 2 unspecified atom stereocenters. The minimum Gasteiger partial charge on any atom is -0.310 e. The van der Waals surface area contributed by atoms with Gasteiger partial charge in [0, 0.05) is 19.3 Å². The summed E-state index contributed by atoms with van der Waals surface area (Å²) in [6.45, 7) is 5.50. The van der Waals surface area contributed by atoms with E-state index < -0.39 is 0 Å². The summed E-state index contributed by atoms with van der Waals surface area (Å²) < 4.78 is 1.87. The van der Waals surface area contributed by atoms with Gasteiger partial charge in [0.05, 0.1) is 6.20 Å². The van der Waals surface area contributed by atoms with E-state index in [1.165, 1.54) is 11.1 Å². The van der Waals surface area contributed by atoms with Gasteiger partial charge in [-0.3, -0.25) is 4.68 Å². The van der Waals surface area contributed by atoms with Gasteiger partial charge in [-0.2, -0.15) is 5.10 Å². The van der Waals surface area contributed by atoms with Crippen LogP contribution in [-0.4, -0.2) is 16.3 Å². The van der Waals surface area contributed by atoms with Crippen molar-refractivity contribution in [2.24, 2.45) is 13.0 Å². The molecule has 2 atom stereocenters. The molecule has 1 aromatic carbocycles. The van der Waals surface area contributed by atoms with Gasteiger partial charge in [-0.1, -0.05) is 44.2 Å². The molecule has 0 saturated carbocycles. The maximum atomic E-state index is 4.23. The molecule has 0 spiro atoms. The lowest BCUT2D eigenvalue weighted by Gasteiger charge is -2.25. The van der Waals surface area contributed by atoms with E-state index in [2.05, 4.69) is 60.8 Å². The molecular weight excluding hydrogens is 246 g/mol. The third-order valence-corrected chi connectivity index (χ3v) is 3.80. The minimum atomic E-state index is 0.429. The van der Waals surface area contributed by atoms with Crippen molar-refractivity contribution in [1.29, 1.82) is 0 Å². The summed E-state index contributed by atoms with van der Waals surface area (Å²) >= 11 is 0. The first-order valence-electron chi connectivity index (χ1n) is 7.46. The normalized spacial score (nSPS) is 14.2. The lowest BCUT2D eigenvalue weighted by Crippen LogP contribution is -2.27. The Morgan fingerprint density at radius 3 is 2.60 bits per heavy atom. The number of nitrogens with zero attached hydrogens (tertiary/aromatic N) is 2. The van der Waals surface area contributed by atoms with Crippen molar-refractivity contribution in [2.45, 2.75) is 32.7 Å². The summed E-state index contributed by atoms with van der Waals surface area (Å²) in [7, 11) is 1.97. The number of benzene rings is 1. The molecule has 3 heteroatoms. The Morgan fingerprint density at radius 2 is 2.00 bits per heavy atom. The number of hydrogen-bond donors (Lipinski definition) is 1. The second kappa shape index (κ2) is 7.25. The second-order valence-corrected chi connectivity index (χ2v) is 5.48. The summed E-state index contributed by atoms with van der Waals surface area (Å²) in [5.41, 5.74) is 2.70. The SMILES string of the molecule is CCNC(c1ccccc1)C(C)CCc1cnn(C)c1. The number of aromatic nitrogens is 2. The van der Waals surface area contributed by atoms with E-state index >= 15 is 0 Å². The summed E-state index contributed by atoms with van der Waals surface area (Å²) in [6.07, 6.45) is 6.33. The van der Waals surface area contributed by atoms with Gasteiger partial charge in [0.25, 0.3) is 0 Å². The van der Waals surface area contributed by atoms with Crippen molar-refractivity contribution in [2.75, 3.05) is 6.54 Å². The number of rotatable bonds is 7. The van der Waals surface area contributed by atoms with Crippen molar-refractivity contribution in [3.8, 4) is 0 Å². The molecular formula is C17H25N3. The van der Waals surface area contributed by atoms with Gasteiger partial charge in [-0.15, -0.1) is 0 Å². The van der Waals surface area contributed by atoms with Crippen LogP contribution in [0, 0.1) is 5.92 Å². The first-order chi connectivity index (χ1) is 9.70. The Bertz CT molecular complexity index is 504. The van der Waals surface area contributed by atoms with E-state index in [-0.39, 0.29) is 0 Å². The first kappa shape index (κ1) is 14.8. The summed E-state index contributed by atoms with van der Waals surface area (Å²) in [4.78, 5) is 0. The average Bonchev–Trinajstić information content (AvgIpc) is 2.89. The molecule has 0 bridgehead atoms. The largest absolute Gasteiger partial charge is 0.310 e. The molecule has 3 nitrogen and oxygen atoms in total. The van der Waals surface area contributed by atoms with Gasteiger partial charge < -0.3 is 5.32 Å². The van der Waals surface area contributed by atoms with Gasteiger partial charge in [-0.25, -0.2) is 0 Å². The average molecular weight is 271 g/mol. The Balaban J connectivity index is 1.98. The smallest absolute Gasteiger partial charge is 0.0521 e. The van der Waals surface area contributed by atoms with Crippen molar-refractivity contribution in [1.82, 2.24) is 15.1 Å². The highest BCUT2D eigenvalue weighted by Gasteiger charge is 2.18. The van der Waals surface area contributed by atoms with Crippen LogP contribution in [0.25, 0.3) is 0 Å². The van der Waals surface area contributed by atoms with Crippen molar-refractivity contribution in [3.63, 3.8) is 0 Å². The van der Waals surface area contributed by atoms with Gasteiger partial charge in [0.1, 0.15) is 0 Å². The molecule has 20 heavy (non-hydrogen) atoms. The summed E-state index contributed by atoms with van der Waals surface area (Å²) in [6, 6.07) is 11.2. The molecule has 2 aromatic rings. The highest BCUT2D eigenvalue weighted by molar-refractivity contribution is 5.19. The third-order valence-electron chi connectivity index (χ3n) is 3.80. The van der Waals surface area contributed by atoms with E-state index in [1.54, 1.807) is 0 Å². The fraction of sp³-hybridized carbons (Fsp3) is 0.471. The molecule has 0 amide bonds. The zero-order valence-electron chi connectivity index (χ0n) is 12.7. The minimum absolute atomic E-state index is 0.429. The van der Waals surface area contributed by atoms with Crippen molar-refractivity contribution < 1.29 is 0 Å². The summed E-state index contributed by atoms with van der Waals surface area (Å²) in [5, 5.41) is 7.85. The molecule has 1 aromatic heterocycles. The molecule has 0 aliphatic carbocycles. The van der Waals surface area contributed by atoms with Crippen molar-refractivity contribution >= 4 is 0 Å². The van der Waals surface area contributed by atoms with Crippen LogP contribution >= 0.6 is 0 Å². The van der Waals surface area contributed by atoms with E-state index in [1.807, 2.05) is 17.9 Å². The molecule has 2 rings (SSSR count). The predicted octanol–water partition coefficient (Wildman–Crippen LogP) is 3.34. The topological polar surface area (TPSA) is 29.9 Å². The standard InChI is InChI=1S/C17H25N3/c1-4-18-17(16-8-6-5-7-9-16)14(2)10-11-15-12-19-20(3)13-15/h5-9,12-14,17-18H,4,10-11H2,1-3H3. The quantitative estimate of drug-likeness (QED) is 0.837. The van der Waals surface area contributed by atoms with Crippen LogP contribution < -0.4 is 5.32 Å². The maximum Gasteiger partial charge on any atom is 0.0521 e. The van der Waals surface area contributed by atoms with Gasteiger partial charge in [0.2, 0.25) is 0 Å². The van der Waals surface area contributed by atoms with Gasteiger partial charge in [-0.05, 0) is 36.4 Å².